The molecule has 0 saturated carbocycles. The van der Waals surface area contributed by atoms with Crippen LogP contribution in [0.1, 0.15) is 36.2 Å². The number of aromatic nitrogens is 3. The number of aliphatic hydroxyl groups excluding tert-OH is 1. The van der Waals surface area contributed by atoms with Crippen molar-refractivity contribution in [2.45, 2.75) is 43.8 Å². The predicted molar refractivity (Wildman–Crippen MR) is 128 cm³/mol. The van der Waals surface area contributed by atoms with Gasteiger partial charge in [-0.3, -0.25) is 24.3 Å². The molecule has 0 bridgehead atoms. The van der Waals surface area contributed by atoms with Crippen LogP contribution in [0.2, 0.25) is 0 Å². The zero-order valence-corrected chi connectivity index (χ0v) is 20.0. The Hall–Kier alpha value is -2.76. The number of fused-ring (bicyclic) bond motifs is 3. The third-order valence-corrected chi connectivity index (χ3v) is 7.17. The number of nitrogens with zero attached hydrogens (tertiary/aromatic N) is 4. The second-order valence-electron chi connectivity index (χ2n) is 9.83. The van der Waals surface area contributed by atoms with Crippen molar-refractivity contribution < 1.29 is 22.7 Å². The van der Waals surface area contributed by atoms with Gasteiger partial charge in [-0.25, -0.2) is 8.78 Å². The van der Waals surface area contributed by atoms with Gasteiger partial charge < -0.3 is 10.4 Å². The zero-order chi connectivity index (χ0) is 25.4. The normalized spacial score (nSPS) is 21.5. The maximum atomic E-state index is 14.6. The van der Waals surface area contributed by atoms with E-state index in [4.69, 9.17) is 0 Å². The van der Waals surface area contributed by atoms with Gasteiger partial charge in [0.15, 0.2) is 0 Å². The largest absolute Gasteiger partial charge is 0.390 e. The van der Waals surface area contributed by atoms with E-state index in [1.165, 1.54) is 0 Å². The van der Waals surface area contributed by atoms with Gasteiger partial charge in [-0.05, 0) is 49.1 Å². The van der Waals surface area contributed by atoms with E-state index in [2.05, 4.69) is 25.4 Å². The molecular weight excluding hydrogens is 476 g/mol. The maximum Gasteiger partial charge on any atom is 0.283 e. The summed E-state index contributed by atoms with van der Waals surface area (Å²) >= 11 is 0. The highest BCUT2D eigenvalue weighted by Gasteiger charge is 2.41. The second-order valence-corrected chi connectivity index (χ2v) is 9.83. The van der Waals surface area contributed by atoms with Crippen molar-refractivity contribution in [2.24, 2.45) is 0 Å². The number of hydrogen-bond donors (Lipinski definition) is 3. The minimum Gasteiger partial charge on any atom is -0.390 e. The molecule has 2 aliphatic heterocycles. The Labute approximate surface area is 206 Å². The molecule has 4 heterocycles. The first-order valence-corrected chi connectivity index (χ1v) is 12.2. The summed E-state index contributed by atoms with van der Waals surface area (Å²) in [6.45, 7) is 1.98. The number of pyridine rings is 1. The summed E-state index contributed by atoms with van der Waals surface area (Å²) in [4.78, 5) is 8.43. The predicted octanol–water partition coefficient (Wildman–Crippen LogP) is 3.52. The van der Waals surface area contributed by atoms with E-state index in [1.54, 1.807) is 23.2 Å². The molecule has 7 nitrogen and oxygen atoms in total. The molecule has 5 rings (SSSR count). The van der Waals surface area contributed by atoms with Gasteiger partial charge in [-0.1, -0.05) is 6.07 Å². The van der Waals surface area contributed by atoms with Crippen LogP contribution in [0.3, 0.4) is 0 Å². The Bertz CT molecular complexity index is 1200. The van der Waals surface area contributed by atoms with Gasteiger partial charge in [0.2, 0.25) is 5.95 Å². The molecule has 0 spiro atoms. The number of nitrogens with one attached hydrogen (secondary N) is 2. The lowest BCUT2D eigenvalue weighted by Crippen LogP contribution is -2.54. The fourth-order valence-corrected chi connectivity index (χ4v) is 5.39. The van der Waals surface area contributed by atoms with Crippen LogP contribution < -0.4 is 5.32 Å². The lowest BCUT2D eigenvalue weighted by molar-refractivity contribution is -0.0864. The van der Waals surface area contributed by atoms with E-state index < -0.39 is 31.1 Å². The number of rotatable bonds is 9. The molecule has 1 fully saturated rings. The number of H-pyrrole nitrogens is 1. The van der Waals surface area contributed by atoms with Crippen LogP contribution >= 0.6 is 0 Å². The quantitative estimate of drug-likeness (QED) is 0.386. The van der Waals surface area contributed by atoms with Crippen molar-refractivity contribution in [2.75, 3.05) is 44.8 Å². The number of aromatic amines is 1. The van der Waals surface area contributed by atoms with Gasteiger partial charge in [-0.15, -0.1) is 5.10 Å². The van der Waals surface area contributed by atoms with Crippen LogP contribution in [0, 0.1) is 5.95 Å². The SMILES string of the molecule is C[C@@H]1Cc2c(ccc3[nH]nc(F)c23)C(c2ccc(NC3CN(CCCF)C3)cn2)N1CC(F)(F)CO. The second kappa shape index (κ2) is 9.95. The summed E-state index contributed by atoms with van der Waals surface area (Å²) in [5.41, 5.74) is 3.35. The minimum absolute atomic E-state index is 0.241. The molecule has 3 aromatic rings. The summed E-state index contributed by atoms with van der Waals surface area (Å²) in [6.07, 6.45) is 2.57. The molecule has 1 saturated heterocycles. The average Bonchev–Trinajstić information content (AvgIpc) is 3.22. The highest BCUT2D eigenvalue weighted by atomic mass is 19.3. The Morgan fingerprint density at radius 3 is 2.72 bits per heavy atom. The van der Waals surface area contributed by atoms with Gasteiger partial charge in [0, 0.05) is 25.7 Å². The molecule has 0 aliphatic carbocycles. The van der Waals surface area contributed by atoms with Crippen molar-refractivity contribution in [3.05, 3.63) is 53.2 Å². The highest BCUT2D eigenvalue weighted by molar-refractivity contribution is 5.84. The number of aliphatic hydroxyl groups is 1. The third-order valence-electron chi connectivity index (χ3n) is 7.17. The van der Waals surface area contributed by atoms with E-state index >= 15 is 0 Å². The molecule has 36 heavy (non-hydrogen) atoms. The maximum absolute atomic E-state index is 14.6. The number of halogens is 4. The van der Waals surface area contributed by atoms with Crippen LogP contribution in [-0.2, 0) is 6.42 Å². The van der Waals surface area contributed by atoms with Crippen LogP contribution in [-0.4, -0.2) is 87.6 Å². The van der Waals surface area contributed by atoms with Crippen molar-refractivity contribution in [3.63, 3.8) is 0 Å². The summed E-state index contributed by atoms with van der Waals surface area (Å²) in [5.74, 6) is -3.91. The first kappa shape index (κ1) is 24.9. The molecule has 0 radical (unpaired) electrons. The van der Waals surface area contributed by atoms with Gasteiger partial charge in [0.25, 0.3) is 5.92 Å². The van der Waals surface area contributed by atoms with Gasteiger partial charge in [0.05, 0.1) is 53.8 Å². The molecule has 2 atom stereocenters. The van der Waals surface area contributed by atoms with Crippen LogP contribution in [0.4, 0.5) is 23.2 Å². The van der Waals surface area contributed by atoms with Crippen molar-refractivity contribution in [1.29, 1.82) is 0 Å². The van der Waals surface area contributed by atoms with Crippen LogP contribution in [0.5, 0.6) is 0 Å². The molecule has 1 unspecified atom stereocenters. The smallest absolute Gasteiger partial charge is 0.283 e. The number of likely N-dealkylation sites (tertiary alicyclic amines) is 1. The Balaban J connectivity index is 1.44. The number of benzene rings is 1. The summed E-state index contributed by atoms with van der Waals surface area (Å²) in [7, 11) is 0. The highest BCUT2D eigenvalue weighted by Crippen LogP contribution is 2.41. The van der Waals surface area contributed by atoms with Gasteiger partial charge >= 0.3 is 0 Å². The molecule has 3 N–H and O–H groups in total. The van der Waals surface area contributed by atoms with Crippen molar-refractivity contribution in [3.8, 4) is 0 Å². The third kappa shape index (κ3) is 4.79. The number of hydrogen-bond acceptors (Lipinski definition) is 6. The average molecular weight is 507 g/mol. The summed E-state index contributed by atoms with van der Waals surface area (Å²) in [5, 5.41) is 19.4. The monoisotopic (exact) mass is 506 g/mol. The van der Waals surface area contributed by atoms with Crippen LogP contribution in [0.15, 0.2) is 30.5 Å². The lowest BCUT2D eigenvalue weighted by Gasteiger charge is -2.43. The van der Waals surface area contributed by atoms with Gasteiger partial charge in [-0.2, -0.15) is 4.39 Å². The topological polar surface area (TPSA) is 80.3 Å². The first-order chi connectivity index (χ1) is 17.3. The van der Waals surface area contributed by atoms with E-state index in [0.717, 1.165) is 30.9 Å². The fourth-order valence-electron chi connectivity index (χ4n) is 5.39. The molecule has 1 aromatic carbocycles. The molecule has 194 valence electrons. The van der Waals surface area contributed by atoms with Crippen molar-refractivity contribution >= 4 is 16.6 Å². The molecule has 2 aliphatic rings. The van der Waals surface area contributed by atoms with Crippen molar-refractivity contribution in [1.82, 2.24) is 25.0 Å². The van der Waals surface area contributed by atoms with E-state index in [1.807, 2.05) is 19.1 Å². The van der Waals surface area contributed by atoms with E-state index in [0.29, 0.717) is 35.0 Å². The lowest BCUT2D eigenvalue weighted by atomic mass is 9.84. The Morgan fingerprint density at radius 2 is 2.03 bits per heavy atom. The summed E-state index contributed by atoms with van der Waals surface area (Å²) < 4.78 is 55.7. The fraction of sp³-hybridized carbons (Fsp3) is 0.520. The zero-order valence-electron chi connectivity index (χ0n) is 20.0. The first-order valence-electron chi connectivity index (χ1n) is 12.2. The molecule has 11 heteroatoms. The molecule has 2 aromatic heterocycles. The molecular formula is C25H30F4N6O. The number of anilines is 1. The van der Waals surface area contributed by atoms with Crippen LogP contribution in [0.25, 0.3) is 10.9 Å². The van der Waals surface area contributed by atoms with Gasteiger partial charge in [0.1, 0.15) is 6.61 Å². The Kier molecular flexibility index (Phi) is 6.88. The van der Waals surface area contributed by atoms with E-state index in [9.17, 15) is 22.7 Å². The minimum atomic E-state index is -3.30. The number of alkyl halides is 3. The van der Waals surface area contributed by atoms with E-state index in [-0.39, 0.29) is 18.8 Å². The Morgan fingerprint density at radius 1 is 1.22 bits per heavy atom. The standard InChI is InChI=1S/C25H30F4N6O/c1-15-9-19-18(4-6-20-22(19)24(27)33-32-20)23(35(15)13-25(28,29)14-36)21-5-3-16(10-30-21)31-17-11-34(12-17)8-2-7-26/h3-6,10,15,17,23,31,36H,2,7-9,11-14H2,1H3,(H,32,33)/t15-,23?/m1/s1. The summed E-state index contributed by atoms with van der Waals surface area (Å²) in [6, 6.07) is 6.42. The molecule has 0 amide bonds.